The van der Waals surface area contributed by atoms with Crippen molar-refractivity contribution in [3.8, 4) is 11.5 Å². The van der Waals surface area contributed by atoms with Gasteiger partial charge >= 0.3 is 5.69 Å². The molecule has 0 saturated carbocycles. The number of amides is 1. The van der Waals surface area contributed by atoms with Crippen LogP contribution in [0, 0.1) is 0 Å². The number of hydrazone groups is 1. The Balaban J connectivity index is 2.00. The maximum atomic E-state index is 12.1. The van der Waals surface area contributed by atoms with Crippen LogP contribution < -0.4 is 26.1 Å². The molecular weight excluding hydrogens is 362 g/mol. The van der Waals surface area contributed by atoms with Crippen LogP contribution in [0.15, 0.2) is 37.9 Å². The minimum Gasteiger partial charge on any atom is -0.497 e. The maximum absolute atomic E-state index is 12.1. The average Bonchev–Trinajstić information content (AvgIpc) is 2.63. The smallest absolute Gasteiger partial charge is 0.342 e. The van der Waals surface area contributed by atoms with Crippen molar-refractivity contribution < 1.29 is 14.3 Å². The highest BCUT2D eigenvalue weighted by atomic mass is 32.2. The van der Waals surface area contributed by atoms with Crippen molar-refractivity contribution in [2.75, 3.05) is 14.2 Å². The minimum atomic E-state index is -0.713. The number of ether oxygens (including phenoxy) is 2. The van der Waals surface area contributed by atoms with Gasteiger partial charge in [0.1, 0.15) is 11.5 Å². The van der Waals surface area contributed by atoms with Gasteiger partial charge in [0.25, 0.3) is 11.5 Å². The zero-order chi connectivity index (χ0) is 19.1. The molecule has 0 aliphatic carbocycles. The lowest BCUT2D eigenvalue weighted by atomic mass is 10.2. The number of benzene rings is 1. The Kier molecular flexibility index (Phi) is 6.55. The zero-order valence-corrected chi connectivity index (χ0v) is 15.0. The largest absolute Gasteiger partial charge is 0.497 e. The van der Waals surface area contributed by atoms with E-state index in [0.29, 0.717) is 17.1 Å². The second-order valence-electron chi connectivity index (χ2n) is 4.91. The number of rotatable bonds is 7. The molecule has 1 amide bonds. The Morgan fingerprint density at radius 1 is 1.35 bits per heavy atom. The van der Waals surface area contributed by atoms with Crippen molar-refractivity contribution in [3.05, 3.63) is 44.6 Å². The molecule has 0 bridgehead atoms. The number of H-pyrrole nitrogens is 2. The van der Waals surface area contributed by atoms with Crippen LogP contribution in [-0.2, 0) is 4.79 Å². The van der Waals surface area contributed by atoms with Crippen LogP contribution >= 0.6 is 11.8 Å². The molecular formula is C15H17N5O5S. The summed E-state index contributed by atoms with van der Waals surface area (Å²) >= 11 is 0.894. The predicted octanol–water partition coefficient (Wildman–Crippen LogP) is 0.106. The Labute approximate surface area is 152 Å². The molecule has 10 nitrogen and oxygen atoms in total. The van der Waals surface area contributed by atoms with Gasteiger partial charge in [-0.2, -0.15) is 10.2 Å². The zero-order valence-electron chi connectivity index (χ0n) is 14.2. The fraction of sp³-hybridized carbons (Fsp3) is 0.267. The lowest BCUT2D eigenvalue weighted by molar-refractivity contribution is -0.120. The van der Waals surface area contributed by atoms with Gasteiger partial charge in [0.2, 0.25) is 0 Å². The summed E-state index contributed by atoms with van der Waals surface area (Å²) in [7, 11) is 3.06. The molecule has 138 valence electrons. The van der Waals surface area contributed by atoms with E-state index in [1.165, 1.54) is 13.3 Å². The third-order valence-corrected chi connectivity index (χ3v) is 4.22. The van der Waals surface area contributed by atoms with Crippen molar-refractivity contribution in [3.63, 3.8) is 0 Å². The fourth-order valence-electron chi connectivity index (χ4n) is 1.82. The van der Waals surface area contributed by atoms with E-state index in [2.05, 4.69) is 20.7 Å². The molecule has 2 aromatic rings. The number of carbonyl (C=O) groups excluding carboxylic acids is 1. The summed E-state index contributed by atoms with van der Waals surface area (Å²) < 4.78 is 10.3. The highest BCUT2D eigenvalue weighted by Crippen LogP contribution is 2.23. The minimum absolute atomic E-state index is 0.0203. The molecule has 0 saturated heterocycles. The number of hydrogen-bond donors (Lipinski definition) is 3. The molecule has 3 N–H and O–H groups in total. The third-order valence-electron chi connectivity index (χ3n) is 3.16. The predicted molar refractivity (Wildman–Crippen MR) is 96.1 cm³/mol. The van der Waals surface area contributed by atoms with Crippen LogP contribution in [0.1, 0.15) is 12.5 Å². The van der Waals surface area contributed by atoms with Crippen molar-refractivity contribution in [2.45, 2.75) is 17.2 Å². The summed E-state index contributed by atoms with van der Waals surface area (Å²) in [5.74, 6) is 0.728. The molecule has 1 unspecified atom stereocenters. The van der Waals surface area contributed by atoms with Gasteiger partial charge in [-0.05, 0) is 19.1 Å². The number of methoxy groups -OCH3 is 2. The van der Waals surface area contributed by atoms with Crippen LogP contribution in [0.5, 0.6) is 11.5 Å². The van der Waals surface area contributed by atoms with Gasteiger partial charge in [0.15, 0.2) is 5.03 Å². The standard InChI is InChI=1S/C15H17N5O5S/c1-8(26-14-13(22)17-15(23)20-19-14)12(21)18-16-7-9-4-5-10(24-2)6-11(9)25-3/h4-8H,1-3H3,(H,18,21)(H2,17,20,22,23)/b16-7+. The fourth-order valence-corrected chi connectivity index (χ4v) is 2.57. The normalized spacial score (nSPS) is 12.0. The maximum Gasteiger partial charge on any atom is 0.342 e. The quantitative estimate of drug-likeness (QED) is 0.352. The molecule has 0 aliphatic heterocycles. The van der Waals surface area contributed by atoms with E-state index in [1.54, 1.807) is 32.2 Å². The van der Waals surface area contributed by atoms with Crippen LogP contribution in [0.3, 0.4) is 0 Å². The van der Waals surface area contributed by atoms with Gasteiger partial charge in [0, 0.05) is 11.6 Å². The highest BCUT2D eigenvalue weighted by Gasteiger charge is 2.17. The Morgan fingerprint density at radius 3 is 2.77 bits per heavy atom. The third kappa shape index (κ3) is 4.96. The van der Waals surface area contributed by atoms with Crippen molar-refractivity contribution in [1.29, 1.82) is 0 Å². The van der Waals surface area contributed by atoms with E-state index in [1.807, 2.05) is 4.98 Å². The number of thioether (sulfide) groups is 1. The van der Waals surface area contributed by atoms with Crippen LogP contribution in [-0.4, -0.2) is 46.8 Å². The molecule has 1 aromatic carbocycles. The van der Waals surface area contributed by atoms with Crippen LogP contribution in [0.4, 0.5) is 0 Å². The van der Waals surface area contributed by atoms with Gasteiger partial charge < -0.3 is 9.47 Å². The molecule has 1 atom stereocenters. The van der Waals surface area contributed by atoms with E-state index in [0.717, 1.165) is 11.8 Å². The molecule has 1 heterocycles. The summed E-state index contributed by atoms with van der Waals surface area (Å²) in [6.07, 6.45) is 1.43. The SMILES string of the molecule is COc1ccc(/C=N/NC(=O)C(C)Sc2n[nH]c(=O)[nH]c2=O)c(OC)c1. The number of nitrogens with one attached hydrogen (secondary N) is 3. The summed E-state index contributed by atoms with van der Waals surface area (Å²) in [6, 6.07) is 5.16. The number of hydrogen-bond acceptors (Lipinski definition) is 8. The molecule has 26 heavy (non-hydrogen) atoms. The Morgan fingerprint density at radius 2 is 2.12 bits per heavy atom. The first-order valence-electron chi connectivity index (χ1n) is 7.35. The van der Waals surface area contributed by atoms with Crippen LogP contribution in [0.2, 0.25) is 0 Å². The van der Waals surface area contributed by atoms with Gasteiger partial charge in [-0.1, -0.05) is 11.8 Å². The van der Waals surface area contributed by atoms with E-state index >= 15 is 0 Å². The van der Waals surface area contributed by atoms with E-state index < -0.39 is 22.4 Å². The number of aromatic nitrogens is 3. The first-order chi connectivity index (χ1) is 12.4. The summed E-state index contributed by atoms with van der Waals surface area (Å²) in [5.41, 5.74) is 1.64. The van der Waals surface area contributed by atoms with Gasteiger partial charge in [-0.15, -0.1) is 0 Å². The van der Waals surface area contributed by atoms with Gasteiger partial charge in [0.05, 0.1) is 25.7 Å². The first-order valence-corrected chi connectivity index (χ1v) is 8.23. The van der Waals surface area contributed by atoms with Crippen molar-refractivity contribution in [1.82, 2.24) is 20.6 Å². The molecule has 2 rings (SSSR count). The van der Waals surface area contributed by atoms with E-state index in [-0.39, 0.29) is 5.03 Å². The Bertz CT molecular complexity index is 923. The lowest BCUT2D eigenvalue weighted by Crippen LogP contribution is -2.30. The second-order valence-corrected chi connectivity index (χ2v) is 6.24. The highest BCUT2D eigenvalue weighted by molar-refractivity contribution is 8.00. The molecule has 11 heteroatoms. The van der Waals surface area contributed by atoms with Crippen molar-refractivity contribution in [2.24, 2.45) is 5.10 Å². The molecule has 0 spiro atoms. The number of carbonyl (C=O) groups is 1. The topological polar surface area (TPSA) is 139 Å². The van der Waals surface area contributed by atoms with Gasteiger partial charge in [-0.25, -0.2) is 15.3 Å². The van der Waals surface area contributed by atoms with E-state index in [4.69, 9.17) is 9.47 Å². The molecule has 1 aromatic heterocycles. The van der Waals surface area contributed by atoms with Crippen LogP contribution in [0.25, 0.3) is 0 Å². The van der Waals surface area contributed by atoms with Gasteiger partial charge in [-0.3, -0.25) is 14.6 Å². The van der Waals surface area contributed by atoms with E-state index in [9.17, 15) is 14.4 Å². The lowest BCUT2D eigenvalue weighted by Gasteiger charge is -2.08. The number of nitrogens with zero attached hydrogens (tertiary/aromatic N) is 2. The van der Waals surface area contributed by atoms with Crippen molar-refractivity contribution >= 4 is 23.9 Å². The average molecular weight is 379 g/mol. The molecule has 0 radical (unpaired) electrons. The Hall–Kier alpha value is -3.08. The molecule has 0 aliphatic rings. The summed E-state index contributed by atoms with van der Waals surface area (Å²) in [6.45, 7) is 1.58. The first kappa shape index (κ1) is 19.2. The summed E-state index contributed by atoms with van der Waals surface area (Å²) in [4.78, 5) is 36.6. The second kappa shape index (κ2) is 8.85. The monoisotopic (exact) mass is 379 g/mol. The number of aromatic amines is 2. The molecule has 0 fully saturated rings. The summed E-state index contributed by atoms with van der Waals surface area (Å²) in [5, 5.41) is 8.91.